The standard InChI is InChI=1S/S4/c1-4(2)3. The third-order valence-corrected chi connectivity index (χ3v) is 0. The van der Waals surface area contributed by atoms with Gasteiger partial charge in [0, 0.05) is 40.1 Å². The lowest BCUT2D eigenvalue weighted by Crippen LogP contribution is -1.23. The number of hydrogen-bond donors (Lipinski definition) is 0. The van der Waals surface area contributed by atoms with Crippen molar-refractivity contribution in [3.05, 3.63) is 0 Å². The van der Waals surface area contributed by atoms with E-state index < -0.39 is 6.57 Å². The van der Waals surface area contributed by atoms with Gasteiger partial charge in [0.2, 0.25) is 0 Å². The maximum Gasteiger partial charge on any atom is 0 e. The summed E-state index contributed by atoms with van der Waals surface area (Å²) in [6.07, 6.45) is 0. The van der Waals surface area contributed by atoms with Crippen molar-refractivity contribution in [2.75, 3.05) is 0 Å². The van der Waals surface area contributed by atoms with Crippen molar-refractivity contribution in [3.63, 3.8) is 0 Å². The fourth-order valence-corrected chi connectivity index (χ4v) is 0. The van der Waals surface area contributed by atoms with Gasteiger partial charge in [-0.15, -0.1) is 0 Å². The lowest BCUT2D eigenvalue weighted by molar-refractivity contribution is 6.14. The highest BCUT2D eigenvalue weighted by atomic mass is 33.3. The minimum atomic E-state index is -0.611. The Morgan fingerprint density at radius 1 is 1.00 bits per heavy atom. The van der Waals surface area contributed by atoms with Gasteiger partial charge in [0.25, 0.3) is 0 Å². The quantitative estimate of drug-likeness (QED) is 0.450. The summed E-state index contributed by atoms with van der Waals surface area (Å²) in [5, 5.41) is 0. The molecular weight excluding hydrogens is 128 g/mol. The Kier molecular flexibility index (Phi) is 2.61. The smallest absolute Gasteiger partial charge is 0 e. The normalized spacial score (nSPS) is 6.00. The van der Waals surface area contributed by atoms with Crippen LogP contribution in [0, 0.1) is 0 Å². The van der Waals surface area contributed by atoms with Crippen molar-refractivity contribution in [1.29, 1.82) is 0 Å². The lowest BCUT2D eigenvalue weighted by atomic mass is 30.8. The molecule has 0 fully saturated rings. The first-order chi connectivity index (χ1) is 1.73. The van der Waals surface area contributed by atoms with Crippen LogP contribution in [-0.2, 0) is 40.1 Å². The second-order valence-corrected chi connectivity index (χ2v) is 5.51. The molecule has 0 aromatic heterocycles. The van der Waals surface area contributed by atoms with Gasteiger partial charge in [-0.25, -0.2) is 0 Å². The van der Waals surface area contributed by atoms with Crippen molar-refractivity contribution in [1.82, 2.24) is 0 Å². The molecule has 0 bridgehead atoms. The molecule has 0 aromatic rings. The maximum atomic E-state index is 4.28. The average Bonchev–Trinajstić information content (AvgIpc) is 0.811. The van der Waals surface area contributed by atoms with Gasteiger partial charge in [-0.2, -0.15) is 0 Å². The summed E-state index contributed by atoms with van der Waals surface area (Å²) in [7, 11) is 0. The van der Waals surface area contributed by atoms with Gasteiger partial charge in [-0.3, -0.25) is 0 Å². The second-order valence-electron chi connectivity index (χ2n) is 0.204. The molecule has 0 spiro atoms. The summed E-state index contributed by atoms with van der Waals surface area (Å²) in [5.74, 6) is 0. The zero-order chi connectivity index (χ0) is 3.58. The van der Waals surface area contributed by atoms with E-state index in [2.05, 4.69) is 33.6 Å². The molecule has 0 nitrogen and oxygen atoms in total. The van der Waals surface area contributed by atoms with Gasteiger partial charge in [-0.05, 0) is 0 Å². The molecule has 0 aliphatic rings. The van der Waals surface area contributed by atoms with E-state index >= 15 is 0 Å². The van der Waals surface area contributed by atoms with E-state index in [0.29, 0.717) is 0 Å². The van der Waals surface area contributed by atoms with Gasteiger partial charge in [0.1, 0.15) is 0 Å². The molecule has 0 unspecified atom stereocenters. The molecule has 0 rings (SSSR count). The average molecular weight is 128 g/mol. The Labute approximate surface area is 40.3 Å². The van der Waals surface area contributed by atoms with Crippen LogP contribution in [0.5, 0.6) is 0 Å². The van der Waals surface area contributed by atoms with E-state index in [0.717, 1.165) is 0 Å². The molecular formula is S4. The molecule has 4 heavy (non-hydrogen) atoms. The predicted octanol–water partition coefficient (Wildman–Crippen LogP) is -0.00960. The van der Waals surface area contributed by atoms with Gasteiger partial charge in [0.05, 0.1) is 0 Å². The first-order valence-electron chi connectivity index (χ1n) is 0.500. The molecule has 0 atom stereocenters. The van der Waals surface area contributed by atoms with Gasteiger partial charge in [0.15, 0.2) is 0 Å². The molecule has 0 saturated carbocycles. The maximum absolute atomic E-state index is 4.28. The van der Waals surface area contributed by atoms with E-state index in [4.69, 9.17) is 0 Å². The summed E-state index contributed by atoms with van der Waals surface area (Å²) in [4.78, 5) is 0. The molecule has 24 valence electrons. The van der Waals surface area contributed by atoms with Crippen LogP contribution >= 0.6 is 0 Å². The number of hydrogen-bond acceptors (Lipinski definition) is 3. The van der Waals surface area contributed by atoms with Crippen LogP contribution in [0.1, 0.15) is 0 Å². The van der Waals surface area contributed by atoms with Gasteiger partial charge < -0.3 is 0 Å². The Morgan fingerprint density at radius 3 is 1.00 bits per heavy atom. The molecule has 0 aliphatic heterocycles. The Hall–Kier alpha value is 0.880. The van der Waals surface area contributed by atoms with Crippen LogP contribution in [0.4, 0.5) is 0 Å². The van der Waals surface area contributed by atoms with Crippen molar-refractivity contribution >= 4 is 40.1 Å². The SMILES string of the molecule is S=S(=S)=S. The summed E-state index contributed by atoms with van der Waals surface area (Å²) >= 11 is 12.8. The van der Waals surface area contributed by atoms with Crippen LogP contribution in [0.3, 0.4) is 0 Å². The lowest BCUT2D eigenvalue weighted by Gasteiger charge is -1.22. The predicted molar refractivity (Wildman–Crippen MR) is 29.5 cm³/mol. The third kappa shape index (κ3) is 13.1. The largest absolute Gasteiger partial charge is 0 e. The van der Waals surface area contributed by atoms with Crippen LogP contribution in [0.15, 0.2) is 0 Å². The zero-order valence-electron chi connectivity index (χ0n) is 1.63. The van der Waals surface area contributed by atoms with Crippen LogP contribution < -0.4 is 0 Å². The summed E-state index contributed by atoms with van der Waals surface area (Å²) < 4.78 is 0. The molecule has 0 heterocycles. The van der Waals surface area contributed by atoms with Crippen molar-refractivity contribution < 1.29 is 0 Å². The first kappa shape index (κ1) is 4.88. The van der Waals surface area contributed by atoms with Crippen molar-refractivity contribution in [2.24, 2.45) is 0 Å². The Balaban J connectivity index is 4.65. The zero-order valence-corrected chi connectivity index (χ0v) is 4.90. The number of rotatable bonds is 0. The second kappa shape index (κ2) is 2.14. The highest BCUT2D eigenvalue weighted by Gasteiger charge is 1.23. The minimum absolute atomic E-state index is 0.611. The fourth-order valence-electron chi connectivity index (χ4n) is 0. The molecule has 0 N–H and O–H groups in total. The van der Waals surface area contributed by atoms with Gasteiger partial charge >= 0.3 is 0 Å². The molecule has 4 heteroatoms. The van der Waals surface area contributed by atoms with E-state index in [9.17, 15) is 0 Å². The van der Waals surface area contributed by atoms with E-state index in [1.807, 2.05) is 0 Å². The summed E-state index contributed by atoms with van der Waals surface area (Å²) in [6.45, 7) is -0.611. The van der Waals surface area contributed by atoms with Crippen molar-refractivity contribution in [3.8, 4) is 0 Å². The molecule has 0 amide bonds. The summed E-state index contributed by atoms with van der Waals surface area (Å²) in [5.41, 5.74) is 0. The Bertz CT molecular complexity index is 69.4. The van der Waals surface area contributed by atoms with Crippen LogP contribution in [-0.4, -0.2) is 0 Å². The highest BCUT2D eigenvalue weighted by Crippen LogP contribution is 1.22. The topological polar surface area (TPSA) is 0 Å². The fraction of sp³-hybridized carbons (Fsp3) is 0. The molecule has 0 aliphatic carbocycles. The molecule has 0 aromatic carbocycles. The monoisotopic (exact) mass is 128 g/mol. The van der Waals surface area contributed by atoms with Crippen LogP contribution in [0.2, 0.25) is 0 Å². The third-order valence-electron chi connectivity index (χ3n) is 0. The van der Waals surface area contributed by atoms with Crippen molar-refractivity contribution in [2.45, 2.75) is 0 Å². The van der Waals surface area contributed by atoms with E-state index in [1.165, 1.54) is 0 Å². The highest BCUT2D eigenvalue weighted by molar-refractivity contribution is 8.59. The van der Waals surface area contributed by atoms with Crippen LogP contribution in [0.25, 0.3) is 0 Å². The first-order valence-corrected chi connectivity index (χ1v) is 4.50. The molecule has 0 radical (unpaired) electrons. The van der Waals surface area contributed by atoms with E-state index in [-0.39, 0.29) is 0 Å². The Morgan fingerprint density at radius 2 is 1.00 bits per heavy atom. The van der Waals surface area contributed by atoms with Gasteiger partial charge in [-0.1, -0.05) is 0 Å². The minimum Gasteiger partial charge on any atom is 0 e. The van der Waals surface area contributed by atoms with E-state index in [1.54, 1.807) is 0 Å². The summed E-state index contributed by atoms with van der Waals surface area (Å²) in [6, 6.07) is 0. The molecule has 0 saturated heterocycles.